The fraction of sp³-hybridized carbons (Fsp3) is 0.333. The molecule has 2 rings (SSSR count). The second-order valence-electron chi connectivity index (χ2n) is 6.99. The van der Waals surface area contributed by atoms with Crippen molar-refractivity contribution in [2.24, 2.45) is 0 Å². The number of nitrogens with zero attached hydrogens (tertiary/aromatic N) is 2. The van der Waals surface area contributed by atoms with Crippen LogP contribution in [-0.4, -0.2) is 48.8 Å². The van der Waals surface area contributed by atoms with Crippen molar-refractivity contribution in [2.45, 2.75) is 19.6 Å². The number of urea groups is 1. The number of amides is 2. The number of benzene rings is 2. The first-order valence-electron chi connectivity index (χ1n) is 9.04. The molecular formula is C21H24F3N3O2. The fourth-order valence-corrected chi connectivity index (χ4v) is 2.61. The van der Waals surface area contributed by atoms with E-state index in [0.717, 1.165) is 12.1 Å². The third-order valence-electron chi connectivity index (χ3n) is 4.28. The number of hydrogen-bond acceptors (Lipinski definition) is 3. The Labute approximate surface area is 168 Å². The quantitative estimate of drug-likeness (QED) is 0.688. The van der Waals surface area contributed by atoms with E-state index >= 15 is 0 Å². The van der Waals surface area contributed by atoms with Crippen molar-refractivity contribution in [1.82, 2.24) is 9.80 Å². The number of carbonyl (C=O) groups is 2. The summed E-state index contributed by atoms with van der Waals surface area (Å²) in [5, 5.41) is 2.75. The summed E-state index contributed by atoms with van der Waals surface area (Å²) in [6.07, 6.45) is -4.40. The van der Waals surface area contributed by atoms with Crippen molar-refractivity contribution in [3.05, 3.63) is 65.2 Å². The summed E-state index contributed by atoms with van der Waals surface area (Å²) in [7, 11) is 3.73. The van der Waals surface area contributed by atoms with Gasteiger partial charge in [-0.1, -0.05) is 24.3 Å². The molecule has 0 saturated heterocycles. The second-order valence-corrected chi connectivity index (χ2v) is 6.99. The van der Waals surface area contributed by atoms with E-state index in [9.17, 15) is 22.8 Å². The highest BCUT2D eigenvalue weighted by atomic mass is 19.4. The van der Waals surface area contributed by atoms with Crippen LogP contribution < -0.4 is 5.32 Å². The Hall–Kier alpha value is -2.87. The van der Waals surface area contributed by atoms with Crippen LogP contribution in [-0.2, 0) is 12.7 Å². The lowest BCUT2D eigenvalue weighted by molar-refractivity contribution is -0.137. The van der Waals surface area contributed by atoms with Crippen molar-refractivity contribution < 1.29 is 22.8 Å². The van der Waals surface area contributed by atoms with Crippen LogP contribution in [0.1, 0.15) is 28.4 Å². The number of hydrogen-bond donors (Lipinski definition) is 1. The van der Waals surface area contributed by atoms with E-state index in [4.69, 9.17) is 0 Å². The standard InChI is InChI=1S/C21H24F3N3O2/c1-15(28)17-5-4-6-19(13-17)25-20(29)27(12-11-26(2)3)14-16-7-9-18(10-8-16)21(22,23)24/h4-10,13H,11-12,14H2,1-3H3,(H,25,29). The number of alkyl halides is 3. The Morgan fingerprint density at radius 3 is 2.21 bits per heavy atom. The molecule has 0 unspecified atom stereocenters. The van der Waals surface area contributed by atoms with E-state index in [-0.39, 0.29) is 12.3 Å². The molecule has 29 heavy (non-hydrogen) atoms. The van der Waals surface area contributed by atoms with Crippen LogP contribution in [0.2, 0.25) is 0 Å². The smallest absolute Gasteiger partial charge is 0.319 e. The normalized spacial score (nSPS) is 11.4. The summed E-state index contributed by atoms with van der Waals surface area (Å²) in [5.74, 6) is -0.115. The van der Waals surface area contributed by atoms with Gasteiger partial charge in [0.2, 0.25) is 0 Å². The molecule has 2 amide bonds. The van der Waals surface area contributed by atoms with E-state index in [2.05, 4.69) is 5.32 Å². The van der Waals surface area contributed by atoms with Gasteiger partial charge in [0.15, 0.2) is 5.78 Å². The molecule has 156 valence electrons. The molecule has 5 nitrogen and oxygen atoms in total. The molecule has 8 heteroatoms. The van der Waals surface area contributed by atoms with Gasteiger partial charge in [0.25, 0.3) is 0 Å². The summed E-state index contributed by atoms with van der Waals surface area (Å²) in [6.45, 7) is 2.56. The lowest BCUT2D eigenvalue weighted by Gasteiger charge is -2.25. The van der Waals surface area contributed by atoms with Crippen molar-refractivity contribution in [3.63, 3.8) is 0 Å². The minimum Gasteiger partial charge on any atom is -0.319 e. The Morgan fingerprint density at radius 2 is 1.66 bits per heavy atom. The maximum absolute atomic E-state index is 12.8. The lowest BCUT2D eigenvalue weighted by Crippen LogP contribution is -2.39. The maximum Gasteiger partial charge on any atom is 0.416 e. The molecule has 0 spiro atoms. The molecule has 0 saturated carbocycles. The average Bonchev–Trinajstić information content (AvgIpc) is 2.64. The van der Waals surface area contributed by atoms with Crippen molar-refractivity contribution >= 4 is 17.5 Å². The highest BCUT2D eigenvalue weighted by Crippen LogP contribution is 2.29. The zero-order valence-electron chi connectivity index (χ0n) is 16.6. The van der Waals surface area contributed by atoms with Gasteiger partial charge in [0.05, 0.1) is 5.56 Å². The van der Waals surface area contributed by atoms with Crippen LogP contribution in [0.5, 0.6) is 0 Å². The summed E-state index contributed by atoms with van der Waals surface area (Å²) < 4.78 is 38.2. The van der Waals surface area contributed by atoms with Gasteiger partial charge in [-0.3, -0.25) is 4.79 Å². The van der Waals surface area contributed by atoms with Crippen LogP contribution in [0.25, 0.3) is 0 Å². The first kappa shape index (κ1) is 22.4. The molecular weight excluding hydrogens is 383 g/mol. The topological polar surface area (TPSA) is 52.7 Å². The average molecular weight is 407 g/mol. The molecule has 0 heterocycles. The Bertz CT molecular complexity index is 849. The zero-order chi connectivity index (χ0) is 21.6. The molecule has 0 bridgehead atoms. The van der Waals surface area contributed by atoms with Crippen molar-refractivity contribution in [2.75, 3.05) is 32.5 Å². The van der Waals surface area contributed by atoms with E-state index in [1.807, 2.05) is 19.0 Å². The van der Waals surface area contributed by atoms with Gasteiger partial charge >= 0.3 is 12.2 Å². The van der Waals surface area contributed by atoms with E-state index in [1.165, 1.54) is 24.0 Å². The van der Waals surface area contributed by atoms with Crippen LogP contribution in [0.3, 0.4) is 0 Å². The molecule has 0 aliphatic heterocycles. The summed E-state index contributed by atoms with van der Waals surface area (Å²) in [5.41, 5.74) is 0.811. The van der Waals surface area contributed by atoms with E-state index < -0.39 is 17.8 Å². The molecule has 0 aliphatic rings. The number of carbonyl (C=O) groups excluding carboxylic acids is 2. The molecule has 1 N–H and O–H groups in total. The molecule has 0 fully saturated rings. The minimum absolute atomic E-state index is 0.115. The second kappa shape index (κ2) is 9.56. The van der Waals surface area contributed by atoms with Gasteiger partial charge in [-0.05, 0) is 50.8 Å². The summed E-state index contributed by atoms with van der Waals surface area (Å²) in [4.78, 5) is 27.7. The Balaban J connectivity index is 2.15. The number of Topliss-reactive ketones (excluding diaryl/α,β-unsaturated/α-hetero) is 1. The van der Waals surface area contributed by atoms with Gasteiger partial charge in [-0.2, -0.15) is 13.2 Å². The number of anilines is 1. The van der Waals surface area contributed by atoms with Crippen molar-refractivity contribution in [3.8, 4) is 0 Å². The minimum atomic E-state index is -4.40. The number of halogens is 3. The van der Waals surface area contributed by atoms with Crippen LogP contribution in [0, 0.1) is 0 Å². The number of ketones is 1. The van der Waals surface area contributed by atoms with Crippen LogP contribution in [0.4, 0.5) is 23.7 Å². The highest BCUT2D eigenvalue weighted by molar-refractivity contribution is 5.96. The first-order chi connectivity index (χ1) is 13.6. The van der Waals surface area contributed by atoms with Gasteiger partial charge in [0.1, 0.15) is 0 Å². The Kier molecular flexibility index (Phi) is 7.39. The monoisotopic (exact) mass is 407 g/mol. The van der Waals surface area contributed by atoms with Gasteiger partial charge in [-0.15, -0.1) is 0 Å². The highest BCUT2D eigenvalue weighted by Gasteiger charge is 2.30. The number of nitrogens with one attached hydrogen (secondary N) is 1. The Morgan fingerprint density at radius 1 is 1.00 bits per heavy atom. The zero-order valence-corrected chi connectivity index (χ0v) is 16.6. The maximum atomic E-state index is 12.8. The molecule has 0 aliphatic carbocycles. The predicted octanol–water partition coefficient (Wildman–Crippen LogP) is 4.50. The third-order valence-corrected chi connectivity index (χ3v) is 4.28. The van der Waals surface area contributed by atoms with E-state index in [0.29, 0.717) is 29.9 Å². The molecule has 0 aromatic heterocycles. The van der Waals surface area contributed by atoms with E-state index in [1.54, 1.807) is 24.3 Å². The van der Waals surface area contributed by atoms with Crippen LogP contribution in [0.15, 0.2) is 48.5 Å². The number of likely N-dealkylation sites (N-methyl/N-ethyl adjacent to an activating group) is 1. The summed E-state index contributed by atoms with van der Waals surface area (Å²) in [6, 6.07) is 10.9. The summed E-state index contributed by atoms with van der Waals surface area (Å²) >= 11 is 0. The molecule has 2 aromatic rings. The van der Waals surface area contributed by atoms with Gasteiger partial charge < -0.3 is 15.1 Å². The van der Waals surface area contributed by atoms with Gasteiger partial charge in [-0.25, -0.2) is 4.79 Å². The first-order valence-corrected chi connectivity index (χ1v) is 9.04. The molecule has 0 radical (unpaired) electrons. The SMILES string of the molecule is CC(=O)c1cccc(NC(=O)N(CCN(C)C)Cc2ccc(C(F)(F)F)cc2)c1. The molecule has 2 aromatic carbocycles. The van der Waals surface area contributed by atoms with Crippen LogP contribution >= 0.6 is 0 Å². The number of rotatable bonds is 7. The van der Waals surface area contributed by atoms with Gasteiger partial charge in [0, 0.05) is 30.9 Å². The van der Waals surface area contributed by atoms with Crippen molar-refractivity contribution in [1.29, 1.82) is 0 Å². The fourth-order valence-electron chi connectivity index (χ4n) is 2.61. The largest absolute Gasteiger partial charge is 0.416 e. The molecule has 0 atom stereocenters. The predicted molar refractivity (Wildman–Crippen MR) is 106 cm³/mol. The third kappa shape index (κ3) is 6.90. The lowest BCUT2D eigenvalue weighted by atomic mass is 10.1.